The van der Waals surface area contributed by atoms with Crippen LogP contribution in [0.3, 0.4) is 0 Å². The highest BCUT2D eigenvalue weighted by molar-refractivity contribution is 7.99. The van der Waals surface area contributed by atoms with E-state index in [0.29, 0.717) is 21.8 Å². The largest absolute Gasteiger partial charge is 0.431 e. The molecule has 3 N–H and O–H groups in total. The van der Waals surface area contributed by atoms with Gasteiger partial charge < -0.3 is 9.73 Å². The van der Waals surface area contributed by atoms with Gasteiger partial charge in [-0.25, -0.2) is 4.98 Å². The Balaban J connectivity index is 1.42. The Labute approximate surface area is 167 Å². The first-order valence-electron chi connectivity index (χ1n) is 8.45. The number of hydrogen-bond acceptors (Lipinski definition) is 5. The second-order valence-corrected chi connectivity index (χ2v) is 7.48. The second-order valence-electron chi connectivity index (χ2n) is 6.14. The van der Waals surface area contributed by atoms with Gasteiger partial charge in [0.15, 0.2) is 10.7 Å². The molecule has 3 rings (SSSR count). The molecule has 0 radical (unpaired) electrons. The van der Waals surface area contributed by atoms with Crippen LogP contribution in [0.4, 0.5) is 5.69 Å². The van der Waals surface area contributed by atoms with Crippen molar-refractivity contribution in [3.05, 3.63) is 54.1 Å². The maximum absolute atomic E-state index is 12.0. The number of amides is 1. The fourth-order valence-electron chi connectivity index (χ4n) is 2.32. The molecule has 0 saturated heterocycles. The molecule has 1 aromatic heterocycles. The molecule has 1 amide bonds. The zero-order chi connectivity index (χ0) is 19.2. The number of thioether (sulfide) groups is 1. The molecule has 0 aliphatic rings. The number of hydrogen-bond donors (Lipinski definition) is 3. The maximum atomic E-state index is 12.0. The van der Waals surface area contributed by atoms with E-state index in [1.165, 1.54) is 17.3 Å². The van der Waals surface area contributed by atoms with Crippen LogP contribution in [0, 0.1) is 0 Å². The van der Waals surface area contributed by atoms with Crippen LogP contribution in [0.1, 0.15) is 25.3 Å². The third-order valence-electron chi connectivity index (χ3n) is 3.75. The molecule has 0 saturated carbocycles. The zero-order valence-electron chi connectivity index (χ0n) is 15.0. The Morgan fingerprint density at radius 2 is 1.89 bits per heavy atom. The first-order valence-corrected chi connectivity index (χ1v) is 9.85. The van der Waals surface area contributed by atoms with E-state index in [0.717, 1.165) is 11.2 Å². The van der Waals surface area contributed by atoms with Gasteiger partial charge in [-0.3, -0.25) is 15.6 Å². The molecule has 0 aliphatic heterocycles. The fraction of sp³-hybridized carbons (Fsp3) is 0.211. The molecule has 0 unspecified atom stereocenters. The molecule has 0 aliphatic carbocycles. The summed E-state index contributed by atoms with van der Waals surface area (Å²) in [4.78, 5) is 16.3. The van der Waals surface area contributed by atoms with Crippen LogP contribution in [0.25, 0.3) is 11.1 Å². The average molecular weight is 401 g/mol. The summed E-state index contributed by atoms with van der Waals surface area (Å²) in [5, 5.41) is 3.79. The smallest absolute Gasteiger partial charge is 0.257 e. The predicted molar refractivity (Wildman–Crippen MR) is 113 cm³/mol. The van der Waals surface area contributed by atoms with Gasteiger partial charge in [0, 0.05) is 5.69 Å². The topological polar surface area (TPSA) is 79.2 Å². The van der Waals surface area contributed by atoms with Crippen LogP contribution in [0.15, 0.2) is 58.2 Å². The molecule has 8 heteroatoms. The van der Waals surface area contributed by atoms with Gasteiger partial charge in [-0.05, 0) is 48.0 Å². The first-order chi connectivity index (χ1) is 13.0. The molecular weight excluding hydrogens is 380 g/mol. The number of oxazole rings is 1. The molecule has 140 valence electrons. The predicted octanol–water partition coefficient (Wildman–Crippen LogP) is 4.06. The monoisotopic (exact) mass is 400 g/mol. The van der Waals surface area contributed by atoms with Crippen molar-refractivity contribution in [3.8, 4) is 0 Å². The number of nitrogens with one attached hydrogen (secondary N) is 3. The minimum Gasteiger partial charge on any atom is -0.431 e. The highest BCUT2D eigenvalue weighted by atomic mass is 32.2. The second kappa shape index (κ2) is 8.88. The molecule has 0 fully saturated rings. The average Bonchev–Trinajstić information content (AvgIpc) is 3.08. The number of para-hydroxylation sites is 2. The van der Waals surface area contributed by atoms with Crippen molar-refractivity contribution >= 4 is 51.8 Å². The van der Waals surface area contributed by atoms with E-state index in [9.17, 15) is 4.79 Å². The van der Waals surface area contributed by atoms with Crippen LogP contribution in [-0.2, 0) is 4.79 Å². The molecule has 2 aromatic carbocycles. The molecule has 1 heterocycles. The maximum Gasteiger partial charge on any atom is 0.257 e. The number of carbonyl (C=O) groups is 1. The number of thiocarbonyl (C=S) groups is 1. The van der Waals surface area contributed by atoms with Gasteiger partial charge >= 0.3 is 0 Å². The van der Waals surface area contributed by atoms with Crippen molar-refractivity contribution in [3.63, 3.8) is 0 Å². The lowest BCUT2D eigenvalue weighted by Gasteiger charge is -2.12. The summed E-state index contributed by atoms with van der Waals surface area (Å²) >= 11 is 6.41. The van der Waals surface area contributed by atoms with Crippen molar-refractivity contribution in [1.82, 2.24) is 15.8 Å². The quantitative estimate of drug-likeness (QED) is 0.339. The van der Waals surface area contributed by atoms with Gasteiger partial charge in [0.25, 0.3) is 5.22 Å². The lowest BCUT2D eigenvalue weighted by atomic mass is 10.0. The number of aromatic nitrogens is 1. The zero-order valence-corrected chi connectivity index (χ0v) is 16.6. The van der Waals surface area contributed by atoms with Crippen LogP contribution < -0.4 is 16.2 Å². The SMILES string of the molecule is CC(C)c1ccc(NC(=S)NNC(=O)CSc2nc3ccccc3o2)cc1. The molecule has 3 aromatic rings. The highest BCUT2D eigenvalue weighted by Gasteiger charge is 2.09. The van der Waals surface area contributed by atoms with E-state index in [2.05, 4.69) is 35.0 Å². The lowest BCUT2D eigenvalue weighted by molar-refractivity contribution is -0.119. The minimum atomic E-state index is -0.235. The van der Waals surface area contributed by atoms with Crippen molar-refractivity contribution in [2.75, 3.05) is 11.1 Å². The normalized spacial score (nSPS) is 10.8. The summed E-state index contributed by atoms with van der Waals surface area (Å²) < 4.78 is 5.56. The fourth-order valence-corrected chi connectivity index (χ4v) is 3.12. The number of benzene rings is 2. The lowest BCUT2D eigenvalue weighted by Crippen LogP contribution is -2.44. The molecule has 0 atom stereocenters. The summed E-state index contributed by atoms with van der Waals surface area (Å²) in [5.74, 6) is 0.398. The van der Waals surface area contributed by atoms with E-state index in [4.69, 9.17) is 16.6 Å². The number of rotatable bonds is 5. The van der Waals surface area contributed by atoms with E-state index in [1.807, 2.05) is 48.5 Å². The van der Waals surface area contributed by atoms with Gasteiger partial charge in [0.05, 0.1) is 5.75 Å². The highest BCUT2D eigenvalue weighted by Crippen LogP contribution is 2.22. The Morgan fingerprint density at radius 1 is 1.15 bits per heavy atom. The molecule has 6 nitrogen and oxygen atoms in total. The third kappa shape index (κ3) is 5.45. The van der Waals surface area contributed by atoms with Crippen molar-refractivity contribution in [2.45, 2.75) is 25.0 Å². The van der Waals surface area contributed by atoms with Crippen LogP contribution in [-0.4, -0.2) is 21.8 Å². The number of anilines is 1. The Hall–Kier alpha value is -2.58. The molecule has 27 heavy (non-hydrogen) atoms. The van der Waals surface area contributed by atoms with Crippen molar-refractivity contribution in [2.24, 2.45) is 0 Å². The molecule has 0 bridgehead atoms. The van der Waals surface area contributed by atoms with Crippen molar-refractivity contribution in [1.29, 1.82) is 0 Å². The summed E-state index contributed by atoms with van der Waals surface area (Å²) in [6.45, 7) is 4.28. The van der Waals surface area contributed by atoms with Crippen LogP contribution in [0.5, 0.6) is 0 Å². The van der Waals surface area contributed by atoms with Gasteiger partial charge in [-0.2, -0.15) is 0 Å². The van der Waals surface area contributed by atoms with Crippen LogP contribution in [0.2, 0.25) is 0 Å². The van der Waals surface area contributed by atoms with E-state index in [-0.39, 0.29) is 11.7 Å². The van der Waals surface area contributed by atoms with E-state index < -0.39 is 0 Å². The minimum absolute atomic E-state index is 0.158. The molecular formula is C19H20N4O2S2. The first kappa shape index (κ1) is 19.2. The molecule has 0 spiro atoms. The third-order valence-corrected chi connectivity index (χ3v) is 4.78. The number of hydrazine groups is 1. The van der Waals surface area contributed by atoms with Gasteiger partial charge in [0.2, 0.25) is 5.91 Å². The van der Waals surface area contributed by atoms with Gasteiger partial charge in [-0.15, -0.1) is 0 Å². The van der Waals surface area contributed by atoms with Crippen molar-refractivity contribution < 1.29 is 9.21 Å². The summed E-state index contributed by atoms with van der Waals surface area (Å²) in [5.41, 5.74) is 8.82. The van der Waals surface area contributed by atoms with Crippen LogP contribution >= 0.6 is 24.0 Å². The van der Waals surface area contributed by atoms with Gasteiger partial charge in [-0.1, -0.05) is 49.9 Å². The Kier molecular flexibility index (Phi) is 6.31. The van der Waals surface area contributed by atoms with E-state index in [1.54, 1.807) is 0 Å². The Bertz CT molecular complexity index is 905. The van der Waals surface area contributed by atoms with Gasteiger partial charge in [0.1, 0.15) is 5.52 Å². The number of nitrogens with zero attached hydrogens (tertiary/aromatic N) is 1. The number of fused-ring (bicyclic) bond motifs is 1. The summed E-state index contributed by atoms with van der Waals surface area (Å²) in [6, 6.07) is 15.5. The standard InChI is InChI=1S/C19H20N4O2S2/c1-12(2)13-7-9-14(10-8-13)20-18(26)23-22-17(24)11-27-19-21-15-5-3-4-6-16(15)25-19/h3-10,12H,11H2,1-2H3,(H,22,24)(H2,20,23,26). The van der Waals surface area contributed by atoms with E-state index >= 15 is 0 Å². The number of carbonyl (C=O) groups excluding carboxylic acids is 1. The summed E-state index contributed by atoms with van der Waals surface area (Å²) in [7, 11) is 0. The summed E-state index contributed by atoms with van der Waals surface area (Å²) in [6.07, 6.45) is 0. The Morgan fingerprint density at radius 3 is 2.59 bits per heavy atom.